The average Bonchev–Trinajstić information content (AvgIpc) is 3.24. The van der Waals surface area contributed by atoms with Gasteiger partial charge in [0.05, 0.1) is 10.4 Å². The van der Waals surface area contributed by atoms with E-state index >= 15 is 0 Å². The van der Waals surface area contributed by atoms with E-state index in [1.54, 1.807) is 24.3 Å². The number of hydrogen-bond donors (Lipinski definition) is 1. The van der Waals surface area contributed by atoms with Crippen LogP contribution >= 0.6 is 11.3 Å². The van der Waals surface area contributed by atoms with Gasteiger partial charge in [-0.3, -0.25) is 4.79 Å². The molecular weight excluding hydrogens is 328 g/mol. The van der Waals surface area contributed by atoms with Gasteiger partial charge < -0.3 is 14.5 Å². The highest BCUT2D eigenvalue weighted by Crippen LogP contribution is 2.23. The molecule has 1 amide bonds. The largest absolute Gasteiger partial charge is 0.455 e. The highest BCUT2D eigenvalue weighted by molar-refractivity contribution is 7.13. The van der Waals surface area contributed by atoms with Crippen molar-refractivity contribution in [1.82, 2.24) is 4.98 Å². The van der Waals surface area contributed by atoms with Crippen molar-refractivity contribution < 1.29 is 18.7 Å². The van der Waals surface area contributed by atoms with E-state index in [-0.39, 0.29) is 12.5 Å². The molecule has 24 heavy (non-hydrogen) atoms. The third-order valence-corrected chi connectivity index (χ3v) is 3.93. The number of hydrogen-bond acceptors (Lipinski definition) is 6. The molecule has 1 N–H and O–H groups in total. The van der Waals surface area contributed by atoms with E-state index in [2.05, 4.69) is 10.3 Å². The molecule has 3 rings (SSSR count). The molecule has 2 heterocycles. The van der Waals surface area contributed by atoms with Crippen LogP contribution in [0.1, 0.15) is 23.0 Å². The minimum absolute atomic E-state index is 0.0289. The smallest absolute Gasteiger partial charge is 0.338 e. The minimum Gasteiger partial charge on any atom is -0.455 e. The zero-order chi connectivity index (χ0) is 16.9. The molecule has 0 bridgehead atoms. The number of esters is 1. The fourth-order valence-corrected chi connectivity index (χ4v) is 2.66. The fraction of sp³-hybridized carbons (Fsp3) is 0.118. The lowest BCUT2D eigenvalue weighted by molar-refractivity contribution is -0.114. The van der Waals surface area contributed by atoms with Crippen molar-refractivity contribution in [2.45, 2.75) is 13.5 Å². The van der Waals surface area contributed by atoms with Gasteiger partial charge in [-0.05, 0) is 35.7 Å². The lowest BCUT2D eigenvalue weighted by Crippen LogP contribution is -2.07. The summed E-state index contributed by atoms with van der Waals surface area (Å²) in [6, 6.07) is 10.3. The molecule has 0 spiro atoms. The van der Waals surface area contributed by atoms with E-state index in [1.807, 2.05) is 17.5 Å². The van der Waals surface area contributed by atoms with E-state index in [1.165, 1.54) is 24.5 Å². The molecule has 2 aromatic heterocycles. The summed E-state index contributed by atoms with van der Waals surface area (Å²) in [5, 5.41) is 4.57. The van der Waals surface area contributed by atoms with Gasteiger partial charge in [0.2, 0.25) is 11.8 Å². The number of nitrogens with one attached hydrogen (secondary N) is 1. The number of aromatic nitrogens is 1. The van der Waals surface area contributed by atoms with Crippen molar-refractivity contribution in [3.8, 4) is 10.8 Å². The standard InChI is InChI=1S/C17H14N2O4S/c1-11(20)18-13-6-4-12(5-7-13)17(21)23-10-14-9-22-16(19-14)15-3-2-8-24-15/h2-9H,10H2,1H3,(H,18,20). The van der Waals surface area contributed by atoms with Crippen molar-refractivity contribution in [3.05, 3.63) is 59.3 Å². The molecule has 7 heteroatoms. The summed E-state index contributed by atoms with van der Waals surface area (Å²) in [6.45, 7) is 1.45. The van der Waals surface area contributed by atoms with Gasteiger partial charge in [0.15, 0.2) is 0 Å². The summed E-state index contributed by atoms with van der Waals surface area (Å²) in [5.74, 6) is -0.126. The Morgan fingerprint density at radius 2 is 2.04 bits per heavy atom. The van der Waals surface area contributed by atoms with E-state index < -0.39 is 5.97 Å². The molecule has 122 valence electrons. The first-order valence-electron chi connectivity index (χ1n) is 7.15. The second-order valence-electron chi connectivity index (χ2n) is 4.96. The second-order valence-corrected chi connectivity index (χ2v) is 5.90. The molecule has 0 fully saturated rings. The van der Waals surface area contributed by atoms with Crippen LogP contribution in [-0.2, 0) is 16.1 Å². The van der Waals surface area contributed by atoms with Crippen LogP contribution in [0.4, 0.5) is 5.69 Å². The first-order chi connectivity index (χ1) is 11.6. The first-order valence-corrected chi connectivity index (χ1v) is 8.03. The maximum absolute atomic E-state index is 12.0. The average molecular weight is 342 g/mol. The number of amides is 1. The van der Waals surface area contributed by atoms with Gasteiger partial charge in [0.25, 0.3) is 0 Å². The lowest BCUT2D eigenvalue weighted by atomic mass is 10.2. The van der Waals surface area contributed by atoms with Crippen LogP contribution < -0.4 is 5.32 Å². The van der Waals surface area contributed by atoms with Gasteiger partial charge >= 0.3 is 5.97 Å². The molecule has 0 atom stereocenters. The number of anilines is 1. The number of benzene rings is 1. The summed E-state index contributed by atoms with van der Waals surface area (Å²) in [5.41, 5.74) is 1.56. The molecule has 6 nitrogen and oxygen atoms in total. The first kappa shape index (κ1) is 15.9. The Hall–Kier alpha value is -2.93. The normalized spacial score (nSPS) is 10.4. The minimum atomic E-state index is -0.468. The summed E-state index contributed by atoms with van der Waals surface area (Å²) < 4.78 is 10.6. The Balaban J connectivity index is 1.58. The highest BCUT2D eigenvalue weighted by atomic mass is 32.1. The van der Waals surface area contributed by atoms with Crippen molar-refractivity contribution in [2.75, 3.05) is 5.32 Å². The molecule has 0 saturated carbocycles. The topological polar surface area (TPSA) is 81.4 Å². The lowest BCUT2D eigenvalue weighted by Gasteiger charge is -2.05. The van der Waals surface area contributed by atoms with Crippen LogP contribution in [0, 0.1) is 0 Å². The van der Waals surface area contributed by atoms with Gasteiger partial charge in [-0.25, -0.2) is 9.78 Å². The Labute approximate surface area is 142 Å². The molecule has 3 aromatic rings. The Kier molecular flexibility index (Phi) is 4.72. The zero-order valence-electron chi connectivity index (χ0n) is 12.8. The van der Waals surface area contributed by atoms with Crippen LogP contribution in [0.3, 0.4) is 0 Å². The number of carbonyl (C=O) groups is 2. The maximum Gasteiger partial charge on any atom is 0.338 e. The highest BCUT2D eigenvalue weighted by Gasteiger charge is 2.11. The molecule has 0 saturated heterocycles. The Bertz CT molecular complexity index is 838. The number of nitrogens with zero attached hydrogens (tertiary/aromatic N) is 1. The molecule has 0 aliphatic heterocycles. The van der Waals surface area contributed by atoms with Gasteiger partial charge in [-0.2, -0.15) is 0 Å². The monoisotopic (exact) mass is 342 g/mol. The predicted molar refractivity (Wildman–Crippen MR) is 89.7 cm³/mol. The number of thiophene rings is 1. The van der Waals surface area contributed by atoms with Crippen molar-refractivity contribution >= 4 is 28.9 Å². The third-order valence-electron chi connectivity index (χ3n) is 3.08. The maximum atomic E-state index is 12.0. The number of oxazole rings is 1. The zero-order valence-corrected chi connectivity index (χ0v) is 13.6. The number of carbonyl (C=O) groups excluding carboxylic acids is 2. The summed E-state index contributed by atoms with van der Waals surface area (Å²) >= 11 is 1.52. The van der Waals surface area contributed by atoms with E-state index in [9.17, 15) is 9.59 Å². The van der Waals surface area contributed by atoms with Gasteiger partial charge in [0, 0.05) is 12.6 Å². The van der Waals surface area contributed by atoms with Gasteiger partial charge in [-0.15, -0.1) is 11.3 Å². The van der Waals surface area contributed by atoms with Gasteiger partial charge in [0.1, 0.15) is 18.6 Å². The summed E-state index contributed by atoms with van der Waals surface area (Å²) in [4.78, 5) is 28.2. The second kappa shape index (κ2) is 7.10. The predicted octanol–water partition coefficient (Wildman–Crippen LogP) is 3.72. The van der Waals surface area contributed by atoms with Crippen LogP contribution in [0.2, 0.25) is 0 Å². The Morgan fingerprint density at radius 3 is 2.71 bits per heavy atom. The molecule has 0 aliphatic rings. The molecule has 0 unspecified atom stereocenters. The van der Waals surface area contributed by atoms with E-state index in [0.29, 0.717) is 22.8 Å². The van der Waals surface area contributed by atoms with Crippen molar-refractivity contribution in [3.63, 3.8) is 0 Å². The van der Waals surface area contributed by atoms with Gasteiger partial charge in [-0.1, -0.05) is 6.07 Å². The summed E-state index contributed by atoms with van der Waals surface area (Å²) in [6.07, 6.45) is 1.47. The van der Waals surface area contributed by atoms with Crippen molar-refractivity contribution in [2.24, 2.45) is 0 Å². The van der Waals surface area contributed by atoms with Crippen molar-refractivity contribution in [1.29, 1.82) is 0 Å². The molecule has 0 radical (unpaired) electrons. The van der Waals surface area contributed by atoms with Crippen LogP contribution in [0.15, 0.2) is 52.5 Å². The number of ether oxygens (including phenoxy) is 1. The summed E-state index contributed by atoms with van der Waals surface area (Å²) in [7, 11) is 0. The van der Waals surface area contributed by atoms with Crippen LogP contribution in [-0.4, -0.2) is 16.9 Å². The van der Waals surface area contributed by atoms with E-state index in [4.69, 9.17) is 9.15 Å². The van der Waals surface area contributed by atoms with Crippen LogP contribution in [0.25, 0.3) is 10.8 Å². The fourth-order valence-electron chi connectivity index (χ4n) is 2.00. The molecular formula is C17H14N2O4S. The molecule has 0 aliphatic carbocycles. The SMILES string of the molecule is CC(=O)Nc1ccc(C(=O)OCc2coc(-c3cccs3)n2)cc1. The molecule has 1 aromatic carbocycles. The van der Waals surface area contributed by atoms with E-state index in [0.717, 1.165) is 4.88 Å². The quantitative estimate of drug-likeness (QED) is 0.715. The number of rotatable bonds is 5. The Morgan fingerprint density at radius 1 is 1.25 bits per heavy atom. The third kappa shape index (κ3) is 3.88. The van der Waals surface area contributed by atoms with Crippen LogP contribution in [0.5, 0.6) is 0 Å².